The van der Waals surface area contributed by atoms with Gasteiger partial charge in [0.1, 0.15) is 6.61 Å². The van der Waals surface area contributed by atoms with Crippen molar-refractivity contribution in [2.75, 3.05) is 23.9 Å². The van der Waals surface area contributed by atoms with Crippen molar-refractivity contribution in [2.24, 2.45) is 0 Å². The minimum atomic E-state index is -0.200. The first kappa shape index (κ1) is 27.8. The SMILES string of the molecule is COCC(=O)Nc1ccc(N2C(=S)N[C@@H](c3ccccn3)[C@@H]2c2c(C)c(C)n(-c3cccc(Cl)c3)c2C)cc1C. The van der Waals surface area contributed by atoms with Crippen LogP contribution in [0, 0.1) is 27.7 Å². The van der Waals surface area contributed by atoms with Crippen molar-refractivity contribution in [1.29, 1.82) is 0 Å². The highest BCUT2D eigenvalue weighted by atomic mass is 35.5. The Labute approximate surface area is 245 Å². The Bertz CT molecular complexity index is 1590. The number of thiocarbonyl (C=S) groups is 1. The van der Waals surface area contributed by atoms with E-state index in [0.29, 0.717) is 10.1 Å². The molecule has 2 N–H and O–H groups in total. The van der Waals surface area contributed by atoms with Gasteiger partial charge in [0.15, 0.2) is 5.11 Å². The monoisotopic (exact) mass is 573 g/mol. The van der Waals surface area contributed by atoms with Crippen LogP contribution >= 0.6 is 23.8 Å². The molecule has 5 rings (SSSR count). The van der Waals surface area contributed by atoms with Crippen LogP contribution in [-0.4, -0.2) is 34.3 Å². The maximum absolute atomic E-state index is 12.1. The fourth-order valence-corrected chi connectivity index (χ4v) is 6.16. The van der Waals surface area contributed by atoms with E-state index in [-0.39, 0.29) is 24.6 Å². The van der Waals surface area contributed by atoms with E-state index in [1.165, 1.54) is 18.2 Å². The molecule has 0 spiro atoms. The molecule has 3 heterocycles. The van der Waals surface area contributed by atoms with E-state index >= 15 is 0 Å². The van der Waals surface area contributed by atoms with E-state index in [2.05, 4.69) is 53.0 Å². The zero-order chi connectivity index (χ0) is 28.6. The van der Waals surface area contributed by atoms with Crippen molar-refractivity contribution >= 4 is 46.2 Å². The lowest BCUT2D eigenvalue weighted by molar-refractivity contribution is -0.119. The van der Waals surface area contributed by atoms with Crippen LogP contribution in [0.5, 0.6) is 0 Å². The van der Waals surface area contributed by atoms with Crippen molar-refractivity contribution < 1.29 is 9.53 Å². The molecule has 7 nitrogen and oxygen atoms in total. The van der Waals surface area contributed by atoms with Crippen LogP contribution in [0.1, 0.15) is 45.9 Å². The highest BCUT2D eigenvalue weighted by Gasteiger charge is 2.43. The summed E-state index contributed by atoms with van der Waals surface area (Å²) in [6, 6.07) is 19.4. The highest BCUT2D eigenvalue weighted by Crippen LogP contribution is 2.46. The number of nitrogens with zero attached hydrogens (tertiary/aromatic N) is 3. The molecule has 0 aliphatic carbocycles. The van der Waals surface area contributed by atoms with E-state index < -0.39 is 0 Å². The van der Waals surface area contributed by atoms with Gasteiger partial charge in [0, 0.05) is 52.3 Å². The maximum atomic E-state index is 12.1. The van der Waals surface area contributed by atoms with E-state index in [0.717, 1.165) is 39.7 Å². The number of aromatic nitrogens is 2. The number of halogens is 1. The molecule has 2 atom stereocenters. The first-order chi connectivity index (χ1) is 19.2. The van der Waals surface area contributed by atoms with E-state index in [1.54, 1.807) is 0 Å². The number of rotatable bonds is 7. The van der Waals surface area contributed by atoms with Gasteiger partial charge in [-0.3, -0.25) is 9.78 Å². The Kier molecular flexibility index (Phi) is 7.94. The lowest BCUT2D eigenvalue weighted by atomic mass is 9.93. The average Bonchev–Trinajstić information content (AvgIpc) is 3.37. The topological polar surface area (TPSA) is 71.4 Å². The lowest BCUT2D eigenvalue weighted by Gasteiger charge is -2.29. The van der Waals surface area contributed by atoms with Crippen molar-refractivity contribution in [1.82, 2.24) is 14.9 Å². The first-order valence-electron chi connectivity index (χ1n) is 13.1. The molecule has 0 saturated carbocycles. The van der Waals surface area contributed by atoms with Crippen LogP contribution in [0.3, 0.4) is 0 Å². The molecule has 0 radical (unpaired) electrons. The Hall–Kier alpha value is -3.72. The number of carbonyl (C=O) groups excluding carboxylic acids is 1. The van der Waals surface area contributed by atoms with E-state index in [4.69, 9.17) is 33.5 Å². The number of amides is 1. The predicted molar refractivity (Wildman–Crippen MR) is 165 cm³/mol. The van der Waals surface area contributed by atoms with Crippen molar-refractivity contribution in [3.8, 4) is 5.69 Å². The number of hydrogen-bond donors (Lipinski definition) is 2. The van der Waals surface area contributed by atoms with Crippen molar-refractivity contribution in [3.63, 3.8) is 0 Å². The maximum Gasteiger partial charge on any atom is 0.250 e. The van der Waals surface area contributed by atoms with Gasteiger partial charge in [0.2, 0.25) is 5.91 Å². The number of ether oxygens (including phenoxy) is 1. The van der Waals surface area contributed by atoms with E-state index in [1.807, 2.05) is 61.7 Å². The largest absolute Gasteiger partial charge is 0.375 e. The lowest BCUT2D eigenvalue weighted by Crippen LogP contribution is -2.30. The van der Waals surface area contributed by atoms with Gasteiger partial charge in [-0.25, -0.2) is 0 Å². The number of nitrogens with one attached hydrogen (secondary N) is 2. The summed E-state index contributed by atoms with van der Waals surface area (Å²) in [6.07, 6.45) is 1.81. The van der Waals surface area contributed by atoms with Crippen molar-refractivity contribution in [2.45, 2.75) is 39.8 Å². The number of aryl methyl sites for hydroxylation is 1. The summed E-state index contributed by atoms with van der Waals surface area (Å²) >= 11 is 12.4. The Morgan fingerprint density at radius 3 is 2.52 bits per heavy atom. The normalized spacial score (nSPS) is 16.8. The van der Waals surface area contributed by atoms with Crippen LogP contribution in [0.25, 0.3) is 5.69 Å². The molecule has 1 aliphatic heterocycles. The molecule has 2 aromatic carbocycles. The number of carbonyl (C=O) groups is 1. The molecular formula is C31H32ClN5O2S. The van der Waals surface area contributed by atoms with Gasteiger partial charge >= 0.3 is 0 Å². The van der Waals surface area contributed by atoms with Crippen molar-refractivity contribution in [3.05, 3.63) is 106 Å². The summed E-state index contributed by atoms with van der Waals surface area (Å²) in [4.78, 5) is 19.0. The molecule has 1 saturated heterocycles. The summed E-state index contributed by atoms with van der Waals surface area (Å²) in [5.41, 5.74) is 9.11. The van der Waals surface area contributed by atoms with Gasteiger partial charge in [-0.1, -0.05) is 23.7 Å². The summed E-state index contributed by atoms with van der Waals surface area (Å²) in [5.74, 6) is -0.200. The average molecular weight is 574 g/mol. The van der Waals surface area contributed by atoms with Gasteiger partial charge in [-0.15, -0.1) is 0 Å². The van der Waals surface area contributed by atoms with Gasteiger partial charge in [-0.2, -0.15) is 0 Å². The number of anilines is 2. The Balaban J connectivity index is 1.65. The highest BCUT2D eigenvalue weighted by molar-refractivity contribution is 7.80. The molecule has 206 valence electrons. The zero-order valence-corrected chi connectivity index (χ0v) is 24.7. The molecular weight excluding hydrogens is 542 g/mol. The number of pyridine rings is 1. The van der Waals surface area contributed by atoms with Crippen LogP contribution in [0.15, 0.2) is 66.9 Å². The summed E-state index contributed by atoms with van der Waals surface area (Å²) in [6.45, 7) is 8.41. The van der Waals surface area contributed by atoms with Gasteiger partial charge in [0.25, 0.3) is 0 Å². The minimum Gasteiger partial charge on any atom is -0.375 e. The molecule has 2 aromatic heterocycles. The number of methoxy groups -OCH3 is 1. The summed E-state index contributed by atoms with van der Waals surface area (Å²) < 4.78 is 7.22. The Morgan fingerprint density at radius 2 is 1.85 bits per heavy atom. The Morgan fingerprint density at radius 1 is 1.05 bits per heavy atom. The zero-order valence-electron chi connectivity index (χ0n) is 23.2. The van der Waals surface area contributed by atoms with Gasteiger partial charge < -0.3 is 24.8 Å². The fraction of sp³-hybridized carbons (Fsp3) is 0.258. The second-order valence-corrected chi connectivity index (χ2v) is 10.8. The second kappa shape index (κ2) is 11.4. The minimum absolute atomic E-state index is 0.00330. The van der Waals surface area contributed by atoms with Gasteiger partial charge in [0.05, 0.1) is 17.8 Å². The third-order valence-electron chi connectivity index (χ3n) is 7.51. The second-order valence-electron chi connectivity index (χ2n) is 10.0. The molecule has 4 aromatic rings. The third kappa shape index (κ3) is 5.10. The van der Waals surface area contributed by atoms with Crippen LogP contribution < -0.4 is 15.5 Å². The number of hydrogen-bond acceptors (Lipinski definition) is 4. The van der Waals surface area contributed by atoms with Gasteiger partial charge in [-0.05, 0) is 99.6 Å². The van der Waals surface area contributed by atoms with Crippen LogP contribution in [0.2, 0.25) is 5.02 Å². The molecule has 1 amide bonds. The standard InChI is InChI=1S/C31H32ClN5O2S/c1-18-15-24(12-13-25(18)34-27(38)17-39-5)37-30(29(35-31(37)40)26-11-6-7-14-33-26)28-19(2)20(3)36(21(28)4)23-10-8-9-22(32)16-23/h6-16,29-30H,17H2,1-5H3,(H,34,38)(H,35,40)/t29-,30-/m0/s1. The first-order valence-corrected chi connectivity index (χ1v) is 13.8. The smallest absolute Gasteiger partial charge is 0.250 e. The van der Waals surface area contributed by atoms with Crippen LogP contribution in [0.4, 0.5) is 11.4 Å². The predicted octanol–water partition coefficient (Wildman–Crippen LogP) is 6.52. The van der Waals surface area contributed by atoms with E-state index in [9.17, 15) is 4.79 Å². The van der Waals surface area contributed by atoms with Crippen LogP contribution in [-0.2, 0) is 9.53 Å². The molecule has 40 heavy (non-hydrogen) atoms. The molecule has 0 bridgehead atoms. The molecule has 0 unspecified atom stereocenters. The molecule has 1 fully saturated rings. The fourth-order valence-electron chi connectivity index (χ4n) is 5.63. The molecule has 1 aliphatic rings. The third-order valence-corrected chi connectivity index (χ3v) is 8.05. The summed E-state index contributed by atoms with van der Waals surface area (Å²) in [5, 5.41) is 7.78. The molecule has 9 heteroatoms. The quantitative estimate of drug-likeness (QED) is 0.245. The summed E-state index contributed by atoms with van der Waals surface area (Å²) in [7, 11) is 1.50. The number of benzene rings is 2.